The quantitative estimate of drug-likeness (QED) is 0.736. The van der Waals surface area contributed by atoms with Crippen molar-refractivity contribution in [3.8, 4) is 0 Å². The third kappa shape index (κ3) is 2.69. The molecular formula is C12H22FN. The maximum absolute atomic E-state index is 13.9. The van der Waals surface area contributed by atoms with Gasteiger partial charge in [0, 0.05) is 6.04 Å². The lowest BCUT2D eigenvalue weighted by atomic mass is 9.84. The first kappa shape index (κ1) is 10.4. The minimum atomic E-state index is -0.536. The molecule has 0 aromatic rings. The Labute approximate surface area is 86.5 Å². The first-order chi connectivity index (χ1) is 6.86. The van der Waals surface area contributed by atoms with Gasteiger partial charge < -0.3 is 5.32 Å². The van der Waals surface area contributed by atoms with Crippen molar-refractivity contribution in [2.45, 2.75) is 63.6 Å². The van der Waals surface area contributed by atoms with Crippen molar-refractivity contribution in [1.29, 1.82) is 0 Å². The van der Waals surface area contributed by atoms with Crippen LogP contribution in [0.4, 0.5) is 4.39 Å². The number of rotatable bonds is 3. The van der Waals surface area contributed by atoms with Crippen LogP contribution < -0.4 is 5.32 Å². The van der Waals surface area contributed by atoms with E-state index in [1.807, 2.05) is 0 Å². The lowest BCUT2D eigenvalue weighted by molar-refractivity contribution is 0.159. The number of hydrogen-bond donors (Lipinski definition) is 1. The molecule has 2 unspecified atom stereocenters. The van der Waals surface area contributed by atoms with Gasteiger partial charge in [0.25, 0.3) is 0 Å². The van der Waals surface area contributed by atoms with Gasteiger partial charge in [-0.15, -0.1) is 0 Å². The number of hydrogen-bond acceptors (Lipinski definition) is 1. The molecule has 14 heavy (non-hydrogen) atoms. The average Bonchev–Trinajstić information content (AvgIpc) is 2.72. The SMILES string of the molecule is FC(CC1CCCN1)C1CCCCC1. The zero-order chi connectivity index (χ0) is 9.80. The molecule has 1 aliphatic heterocycles. The lowest BCUT2D eigenvalue weighted by Gasteiger charge is -2.26. The Hall–Kier alpha value is -0.110. The van der Waals surface area contributed by atoms with Crippen LogP contribution in [0, 0.1) is 5.92 Å². The summed E-state index contributed by atoms with van der Waals surface area (Å²) in [6, 6.07) is 0.479. The van der Waals surface area contributed by atoms with Crippen LogP contribution >= 0.6 is 0 Å². The van der Waals surface area contributed by atoms with Crippen molar-refractivity contribution in [3.63, 3.8) is 0 Å². The zero-order valence-electron chi connectivity index (χ0n) is 8.97. The van der Waals surface area contributed by atoms with E-state index in [0.29, 0.717) is 12.0 Å². The summed E-state index contributed by atoms with van der Waals surface area (Å²) in [6.07, 6.45) is 8.75. The standard InChI is InChI=1S/C12H22FN/c13-12(9-11-7-4-8-14-11)10-5-2-1-3-6-10/h10-12,14H,1-9H2. The van der Waals surface area contributed by atoms with Crippen LogP contribution in [0.25, 0.3) is 0 Å². The second-order valence-electron chi connectivity index (χ2n) is 4.94. The van der Waals surface area contributed by atoms with E-state index in [4.69, 9.17) is 0 Å². The van der Waals surface area contributed by atoms with Crippen molar-refractivity contribution in [2.24, 2.45) is 5.92 Å². The molecule has 1 N–H and O–H groups in total. The predicted molar refractivity (Wildman–Crippen MR) is 57.1 cm³/mol. The van der Waals surface area contributed by atoms with Crippen LogP contribution in [0.3, 0.4) is 0 Å². The van der Waals surface area contributed by atoms with Crippen LogP contribution in [0.2, 0.25) is 0 Å². The molecule has 0 aromatic heterocycles. The highest BCUT2D eigenvalue weighted by molar-refractivity contribution is 4.81. The summed E-state index contributed by atoms with van der Waals surface area (Å²) >= 11 is 0. The molecule has 0 spiro atoms. The number of alkyl halides is 1. The molecule has 1 aliphatic carbocycles. The van der Waals surface area contributed by atoms with Gasteiger partial charge >= 0.3 is 0 Å². The van der Waals surface area contributed by atoms with Gasteiger partial charge in [-0.25, -0.2) is 4.39 Å². The Kier molecular flexibility index (Phi) is 3.80. The Morgan fingerprint density at radius 1 is 1.07 bits per heavy atom. The molecule has 82 valence electrons. The molecule has 2 rings (SSSR count). The molecule has 1 saturated heterocycles. The minimum absolute atomic E-state index is 0.381. The average molecular weight is 199 g/mol. The van der Waals surface area contributed by atoms with E-state index in [-0.39, 0.29) is 0 Å². The van der Waals surface area contributed by atoms with E-state index >= 15 is 0 Å². The molecule has 2 atom stereocenters. The summed E-state index contributed by atoms with van der Waals surface area (Å²) < 4.78 is 13.9. The topological polar surface area (TPSA) is 12.0 Å². The Balaban J connectivity index is 1.72. The van der Waals surface area contributed by atoms with Gasteiger partial charge in [0.1, 0.15) is 6.17 Å². The third-order valence-electron chi connectivity index (χ3n) is 3.83. The van der Waals surface area contributed by atoms with Crippen molar-refractivity contribution in [3.05, 3.63) is 0 Å². The molecule has 1 nitrogen and oxygen atoms in total. The smallest absolute Gasteiger partial charge is 0.104 e. The van der Waals surface area contributed by atoms with E-state index < -0.39 is 6.17 Å². The Bertz CT molecular complexity index is 160. The molecule has 0 radical (unpaired) electrons. The molecule has 0 amide bonds. The van der Waals surface area contributed by atoms with E-state index in [9.17, 15) is 4.39 Å². The largest absolute Gasteiger partial charge is 0.314 e. The molecule has 1 heterocycles. The normalized spacial score (nSPS) is 31.9. The van der Waals surface area contributed by atoms with Crippen molar-refractivity contribution < 1.29 is 4.39 Å². The van der Waals surface area contributed by atoms with Gasteiger partial charge in [0.2, 0.25) is 0 Å². The second kappa shape index (κ2) is 5.11. The highest BCUT2D eigenvalue weighted by atomic mass is 19.1. The van der Waals surface area contributed by atoms with Crippen LogP contribution in [-0.2, 0) is 0 Å². The van der Waals surface area contributed by atoms with Gasteiger partial charge in [-0.05, 0) is 44.6 Å². The fraction of sp³-hybridized carbons (Fsp3) is 1.00. The maximum Gasteiger partial charge on any atom is 0.104 e. The lowest BCUT2D eigenvalue weighted by Crippen LogP contribution is -2.29. The molecule has 2 aliphatic rings. The van der Waals surface area contributed by atoms with Gasteiger partial charge in [0.15, 0.2) is 0 Å². The highest BCUT2D eigenvalue weighted by Gasteiger charge is 2.27. The Morgan fingerprint density at radius 3 is 2.50 bits per heavy atom. The molecule has 0 bridgehead atoms. The molecule has 0 aromatic carbocycles. The monoisotopic (exact) mass is 199 g/mol. The highest BCUT2D eigenvalue weighted by Crippen LogP contribution is 2.30. The van der Waals surface area contributed by atoms with Crippen molar-refractivity contribution in [2.75, 3.05) is 6.54 Å². The van der Waals surface area contributed by atoms with E-state index in [2.05, 4.69) is 5.32 Å². The van der Waals surface area contributed by atoms with Crippen LogP contribution in [0.5, 0.6) is 0 Å². The number of nitrogens with one attached hydrogen (secondary N) is 1. The Morgan fingerprint density at radius 2 is 1.86 bits per heavy atom. The zero-order valence-corrected chi connectivity index (χ0v) is 8.97. The summed E-state index contributed by atoms with van der Waals surface area (Å²) in [5, 5.41) is 3.39. The summed E-state index contributed by atoms with van der Waals surface area (Å²) in [6.45, 7) is 1.10. The van der Waals surface area contributed by atoms with Crippen LogP contribution in [0.15, 0.2) is 0 Å². The predicted octanol–water partition coefficient (Wildman–Crippen LogP) is 3.05. The fourth-order valence-corrected chi connectivity index (χ4v) is 2.92. The summed E-state index contributed by atoms with van der Waals surface area (Å²) in [5.74, 6) is 0.381. The summed E-state index contributed by atoms with van der Waals surface area (Å²) in [4.78, 5) is 0. The maximum atomic E-state index is 13.9. The fourth-order valence-electron chi connectivity index (χ4n) is 2.92. The van der Waals surface area contributed by atoms with Gasteiger partial charge in [-0.3, -0.25) is 0 Å². The van der Waals surface area contributed by atoms with Crippen molar-refractivity contribution >= 4 is 0 Å². The second-order valence-corrected chi connectivity index (χ2v) is 4.94. The summed E-state index contributed by atoms with van der Waals surface area (Å²) in [5.41, 5.74) is 0. The molecule has 2 heteroatoms. The number of halogens is 1. The summed E-state index contributed by atoms with van der Waals surface area (Å²) in [7, 11) is 0. The first-order valence-electron chi connectivity index (χ1n) is 6.24. The van der Waals surface area contributed by atoms with Crippen LogP contribution in [0.1, 0.15) is 51.4 Å². The molecule has 2 fully saturated rings. The van der Waals surface area contributed by atoms with Crippen molar-refractivity contribution in [1.82, 2.24) is 5.32 Å². The first-order valence-corrected chi connectivity index (χ1v) is 6.24. The van der Waals surface area contributed by atoms with Crippen LogP contribution in [-0.4, -0.2) is 18.8 Å². The van der Waals surface area contributed by atoms with E-state index in [0.717, 1.165) is 25.8 Å². The van der Waals surface area contributed by atoms with E-state index in [1.165, 1.54) is 32.1 Å². The van der Waals surface area contributed by atoms with Gasteiger partial charge in [-0.1, -0.05) is 19.3 Å². The molecule has 1 saturated carbocycles. The van der Waals surface area contributed by atoms with Gasteiger partial charge in [0.05, 0.1) is 0 Å². The third-order valence-corrected chi connectivity index (χ3v) is 3.83. The van der Waals surface area contributed by atoms with E-state index in [1.54, 1.807) is 0 Å². The van der Waals surface area contributed by atoms with Gasteiger partial charge in [-0.2, -0.15) is 0 Å². The molecular weight excluding hydrogens is 177 g/mol. The minimum Gasteiger partial charge on any atom is -0.314 e.